The van der Waals surface area contributed by atoms with Gasteiger partial charge in [-0.1, -0.05) is 17.7 Å². The summed E-state index contributed by atoms with van der Waals surface area (Å²) in [6.45, 7) is 6.75. The Balaban J connectivity index is 2.43. The van der Waals surface area contributed by atoms with Gasteiger partial charge in [0.2, 0.25) is 0 Å². The lowest BCUT2D eigenvalue weighted by molar-refractivity contribution is -0.131. The number of benzene rings is 1. The molecule has 0 aromatic heterocycles. The maximum atomic E-state index is 11.0. The highest BCUT2D eigenvalue weighted by Crippen LogP contribution is 2.35. The topological polar surface area (TPSA) is 55.8 Å². The molecule has 1 unspecified atom stereocenters. The fraction of sp³-hybridized carbons (Fsp3) is 0.304. The van der Waals surface area contributed by atoms with Crippen molar-refractivity contribution in [3.05, 3.63) is 64.8 Å². The first-order valence-electron chi connectivity index (χ1n) is 9.18. The van der Waals surface area contributed by atoms with Crippen LogP contribution in [0.25, 0.3) is 6.08 Å². The second-order valence-corrected chi connectivity index (χ2v) is 9.02. The van der Waals surface area contributed by atoms with E-state index in [-0.39, 0.29) is 7.55 Å². The van der Waals surface area contributed by atoms with E-state index in [9.17, 15) is 4.79 Å². The summed E-state index contributed by atoms with van der Waals surface area (Å²) in [4.78, 5) is 11.0. The van der Waals surface area contributed by atoms with Gasteiger partial charge in [0.25, 0.3) is 0 Å². The minimum Gasteiger partial charge on any atom is -0.496 e. The van der Waals surface area contributed by atoms with Gasteiger partial charge < -0.3 is 14.6 Å². The van der Waals surface area contributed by atoms with Gasteiger partial charge in [0.05, 0.1) is 21.3 Å². The van der Waals surface area contributed by atoms with E-state index in [1.54, 1.807) is 13.2 Å². The Bertz CT molecular complexity index is 869. The fourth-order valence-corrected chi connectivity index (χ4v) is 3.75. The van der Waals surface area contributed by atoms with Crippen LogP contribution >= 0.6 is 7.55 Å². The second-order valence-electron chi connectivity index (χ2n) is 6.84. The third kappa shape index (κ3) is 6.54. The molecule has 0 bridgehead atoms. The summed E-state index contributed by atoms with van der Waals surface area (Å²) in [6, 6.07) is 3.68. The second kappa shape index (κ2) is 10.7. The van der Waals surface area contributed by atoms with Crippen LogP contribution in [-0.4, -0.2) is 43.4 Å². The van der Waals surface area contributed by atoms with Gasteiger partial charge >= 0.3 is 5.97 Å². The number of hydrogen-bond acceptors (Lipinski definition) is 3. The zero-order chi connectivity index (χ0) is 20.5. The van der Waals surface area contributed by atoms with Gasteiger partial charge in [0, 0.05) is 17.2 Å². The molecule has 28 heavy (non-hydrogen) atoms. The Labute approximate surface area is 168 Å². The summed E-state index contributed by atoms with van der Waals surface area (Å²) < 4.78 is 11.8. The molecule has 5 heteroatoms. The van der Waals surface area contributed by atoms with E-state index in [4.69, 9.17) is 14.6 Å². The summed E-state index contributed by atoms with van der Waals surface area (Å²) in [7, 11) is 1.53. The van der Waals surface area contributed by atoms with Gasteiger partial charge in [-0.3, -0.25) is 0 Å². The van der Waals surface area contributed by atoms with Crippen LogP contribution in [0.3, 0.4) is 0 Å². The van der Waals surface area contributed by atoms with Crippen LogP contribution in [0.15, 0.2) is 53.7 Å². The third-order valence-corrected chi connectivity index (χ3v) is 5.68. The molecule has 1 aromatic rings. The van der Waals surface area contributed by atoms with Gasteiger partial charge in [-0.25, -0.2) is 4.79 Å². The Kier molecular flexibility index (Phi) is 8.28. The molecular formula is C23H28O4P+. The van der Waals surface area contributed by atoms with Crippen LogP contribution in [-0.2, 0) is 11.2 Å². The zero-order valence-electron chi connectivity index (χ0n) is 16.9. The maximum absolute atomic E-state index is 11.0. The molecule has 1 aromatic carbocycles. The first kappa shape index (κ1) is 21.7. The lowest BCUT2D eigenvalue weighted by Crippen LogP contribution is -2.05. The Morgan fingerprint density at radius 3 is 2.79 bits per heavy atom. The van der Waals surface area contributed by atoms with Gasteiger partial charge in [0.1, 0.15) is 30.1 Å². The normalized spacial score (nSPS) is 14.9. The van der Waals surface area contributed by atoms with Crippen LogP contribution in [0.1, 0.15) is 25.0 Å². The monoisotopic (exact) mass is 399 g/mol. The molecule has 1 atom stereocenters. The molecule has 0 aliphatic carbocycles. The van der Waals surface area contributed by atoms with Crippen molar-refractivity contribution in [2.45, 2.75) is 20.3 Å². The summed E-state index contributed by atoms with van der Waals surface area (Å²) in [5.74, 6) is 2.64. The Hall–Kier alpha value is -2.58. The summed E-state index contributed by atoms with van der Waals surface area (Å²) in [5, 5.41) is 9.02. The van der Waals surface area contributed by atoms with Crippen LogP contribution in [0, 0.1) is 0 Å². The highest BCUT2D eigenvalue weighted by Gasteiger charge is 2.15. The van der Waals surface area contributed by atoms with Crippen LogP contribution in [0.5, 0.6) is 11.5 Å². The molecule has 4 nitrogen and oxygen atoms in total. The number of aliphatic carboxylic acids is 1. The van der Waals surface area contributed by atoms with Crippen LogP contribution in [0.2, 0.25) is 0 Å². The maximum Gasteiger partial charge on any atom is 0.328 e. The average molecular weight is 399 g/mol. The SMILES string of the molecule is COc1ccc(/C=C/C(=O)O)c(OCC2=CC=[P+](C)CC=C2)c1CC=C(C)C. The molecule has 2 rings (SSSR count). The molecule has 1 heterocycles. The molecule has 1 N–H and O–H groups in total. The van der Waals surface area contributed by atoms with E-state index in [1.807, 2.05) is 26.0 Å². The standard InChI is InChI=1S/C23H27O4P/c1-17(2)7-10-20-21(26-3)11-8-19(9-12-22(24)25)23(20)27-16-18-6-5-14-28(4)15-13-18/h5-9,11-13,15H,10,14,16H2,1-4H3/p+1/b12-9+. The van der Waals surface area contributed by atoms with E-state index in [1.165, 1.54) is 5.57 Å². The van der Waals surface area contributed by atoms with Gasteiger partial charge in [-0.15, -0.1) is 0 Å². The molecule has 0 radical (unpaired) electrons. The van der Waals surface area contributed by atoms with Gasteiger partial charge in [-0.2, -0.15) is 0 Å². The molecule has 0 fully saturated rings. The average Bonchev–Trinajstić information content (AvgIpc) is 2.87. The van der Waals surface area contributed by atoms with Gasteiger partial charge in [-0.05, 0) is 56.2 Å². The minimum atomic E-state index is -0.993. The van der Waals surface area contributed by atoms with Crippen molar-refractivity contribution in [2.24, 2.45) is 0 Å². The third-order valence-electron chi connectivity index (χ3n) is 4.24. The van der Waals surface area contributed by atoms with E-state index in [0.29, 0.717) is 18.8 Å². The number of ether oxygens (including phenoxy) is 2. The van der Waals surface area contributed by atoms with Crippen molar-refractivity contribution in [3.8, 4) is 11.5 Å². The number of carboxylic acid groups (broad SMARTS) is 1. The highest BCUT2D eigenvalue weighted by molar-refractivity contribution is 7.57. The molecule has 0 saturated carbocycles. The van der Waals surface area contributed by atoms with Crippen LogP contribution < -0.4 is 9.47 Å². The van der Waals surface area contributed by atoms with E-state index < -0.39 is 5.97 Å². The van der Waals surface area contributed by atoms with Gasteiger partial charge in [0.15, 0.2) is 0 Å². The summed E-state index contributed by atoms with van der Waals surface area (Å²) in [6.07, 6.45) is 12.9. The summed E-state index contributed by atoms with van der Waals surface area (Å²) >= 11 is 0. The predicted molar refractivity (Wildman–Crippen MR) is 119 cm³/mol. The smallest absolute Gasteiger partial charge is 0.328 e. The zero-order valence-corrected chi connectivity index (χ0v) is 17.8. The van der Waals surface area contributed by atoms with E-state index in [2.05, 4.69) is 36.8 Å². The lowest BCUT2D eigenvalue weighted by Gasteiger charge is -2.17. The molecule has 1 aliphatic heterocycles. The molecule has 148 valence electrons. The number of carboxylic acids is 1. The fourth-order valence-electron chi connectivity index (χ4n) is 2.74. The quantitative estimate of drug-likeness (QED) is 0.376. The molecule has 0 amide bonds. The summed E-state index contributed by atoms with van der Waals surface area (Å²) in [5.41, 5.74) is 3.92. The predicted octanol–water partition coefficient (Wildman–Crippen LogP) is 5.09. The first-order chi connectivity index (χ1) is 13.4. The van der Waals surface area contributed by atoms with Crippen molar-refractivity contribution in [1.29, 1.82) is 0 Å². The van der Waals surface area contributed by atoms with Crippen molar-refractivity contribution in [2.75, 3.05) is 26.5 Å². The molecular weight excluding hydrogens is 371 g/mol. The number of carbonyl (C=O) groups is 1. The van der Waals surface area contributed by atoms with Crippen molar-refractivity contribution in [3.63, 3.8) is 0 Å². The minimum absolute atomic E-state index is 0.104. The Morgan fingerprint density at radius 1 is 1.32 bits per heavy atom. The highest BCUT2D eigenvalue weighted by atomic mass is 31.1. The van der Waals surface area contributed by atoms with Crippen molar-refractivity contribution >= 4 is 25.4 Å². The van der Waals surface area contributed by atoms with Crippen molar-refractivity contribution in [1.82, 2.24) is 0 Å². The molecule has 0 saturated heterocycles. The lowest BCUT2D eigenvalue weighted by atomic mass is 10.0. The molecule has 0 spiro atoms. The van der Waals surface area contributed by atoms with Crippen molar-refractivity contribution < 1.29 is 19.4 Å². The van der Waals surface area contributed by atoms with E-state index >= 15 is 0 Å². The Morgan fingerprint density at radius 2 is 2.11 bits per heavy atom. The number of hydrogen-bond donors (Lipinski definition) is 1. The largest absolute Gasteiger partial charge is 0.496 e. The number of allylic oxidation sites excluding steroid dienone is 4. The first-order valence-corrected chi connectivity index (χ1v) is 11.2. The van der Waals surface area contributed by atoms with Crippen LogP contribution in [0.4, 0.5) is 0 Å². The number of rotatable bonds is 8. The molecule has 1 aliphatic rings. The van der Waals surface area contributed by atoms with E-state index in [0.717, 1.165) is 34.7 Å². The number of methoxy groups -OCH3 is 1.